The van der Waals surface area contributed by atoms with Crippen molar-refractivity contribution in [2.45, 2.75) is 38.4 Å². The van der Waals surface area contributed by atoms with Crippen LogP contribution in [0.4, 0.5) is 10.1 Å². The predicted octanol–water partition coefficient (Wildman–Crippen LogP) is 2.42. The molecule has 1 aromatic rings. The topological polar surface area (TPSA) is 56.8 Å². The van der Waals surface area contributed by atoms with Crippen molar-refractivity contribution in [3.63, 3.8) is 0 Å². The van der Waals surface area contributed by atoms with E-state index in [1.54, 1.807) is 19.2 Å². The van der Waals surface area contributed by atoms with Crippen molar-refractivity contribution in [2.24, 2.45) is 5.92 Å². The molecule has 2 aliphatic heterocycles. The van der Waals surface area contributed by atoms with Crippen LogP contribution in [0.3, 0.4) is 0 Å². The number of ether oxygens (including phenoxy) is 1. The van der Waals surface area contributed by atoms with Crippen LogP contribution < -0.4 is 10.6 Å². The van der Waals surface area contributed by atoms with E-state index in [9.17, 15) is 9.18 Å². The number of rotatable bonds is 5. The van der Waals surface area contributed by atoms with Gasteiger partial charge in [0, 0.05) is 45.3 Å². The first kappa shape index (κ1) is 21.0. The molecule has 2 fully saturated rings. The lowest BCUT2D eigenvalue weighted by Gasteiger charge is -2.45. The quantitative estimate of drug-likeness (QED) is 0.730. The second kappa shape index (κ2) is 8.71. The minimum atomic E-state index is -0.341. The van der Waals surface area contributed by atoms with E-state index in [1.807, 2.05) is 4.90 Å². The Morgan fingerprint density at radius 3 is 2.57 bits per heavy atom. The zero-order chi connectivity index (χ0) is 20.3. The summed E-state index contributed by atoms with van der Waals surface area (Å²) in [7, 11) is 1.66. The van der Waals surface area contributed by atoms with E-state index in [4.69, 9.17) is 17.0 Å². The maximum Gasteiger partial charge on any atom is 0.241 e. The number of hydrogen-bond donors (Lipinski definition) is 2. The van der Waals surface area contributed by atoms with Crippen molar-refractivity contribution in [1.29, 1.82) is 0 Å². The number of methoxy groups -OCH3 is 1. The lowest BCUT2D eigenvalue weighted by atomic mass is 9.96. The molecule has 0 bridgehead atoms. The summed E-state index contributed by atoms with van der Waals surface area (Å²) < 4.78 is 18.3. The van der Waals surface area contributed by atoms with E-state index in [-0.39, 0.29) is 29.3 Å². The molecule has 1 spiro atoms. The number of piperidine rings is 1. The van der Waals surface area contributed by atoms with E-state index < -0.39 is 0 Å². The lowest BCUT2D eigenvalue weighted by molar-refractivity contribution is -0.134. The second-order valence-electron chi connectivity index (χ2n) is 7.80. The zero-order valence-corrected chi connectivity index (χ0v) is 17.5. The molecule has 0 aromatic heterocycles. The number of carbonyl (C=O) groups excluding carboxylic acids is 1. The van der Waals surface area contributed by atoms with Gasteiger partial charge in [-0.15, -0.1) is 0 Å². The first-order valence-electron chi connectivity index (χ1n) is 9.76. The number of benzene rings is 1. The first-order chi connectivity index (χ1) is 13.4. The Bertz CT molecular complexity index is 705. The Morgan fingerprint density at radius 1 is 1.36 bits per heavy atom. The summed E-state index contributed by atoms with van der Waals surface area (Å²) >= 11 is 5.54. The zero-order valence-electron chi connectivity index (χ0n) is 16.7. The molecule has 1 amide bonds. The number of thiocarbonyl (C=S) groups is 1. The van der Waals surface area contributed by atoms with Crippen molar-refractivity contribution >= 4 is 28.9 Å². The Labute approximate surface area is 171 Å². The van der Waals surface area contributed by atoms with Crippen molar-refractivity contribution in [3.8, 4) is 0 Å². The molecule has 3 rings (SSSR count). The van der Waals surface area contributed by atoms with E-state index in [1.165, 1.54) is 12.1 Å². The van der Waals surface area contributed by atoms with Crippen LogP contribution in [0.15, 0.2) is 24.3 Å². The summed E-state index contributed by atoms with van der Waals surface area (Å²) in [6.45, 7) is 6.72. The summed E-state index contributed by atoms with van der Waals surface area (Å²) in [5.41, 5.74) is 0.425. The Balaban J connectivity index is 1.65. The average molecular weight is 409 g/mol. The summed E-state index contributed by atoms with van der Waals surface area (Å²) in [5, 5.41) is 7.41. The van der Waals surface area contributed by atoms with Crippen LogP contribution >= 0.6 is 12.2 Å². The third-order valence-electron chi connectivity index (χ3n) is 5.63. The number of nitrogens with zero attached hydrogens (tertiary/aromatic N) is 2. The normalized spacial score (nSPS) is 21.6. The molecule has 2 aliphatic rings. The second-order valence-corrected chi connectivity index (χ2v) is 8.19. The lowest BCUT2D eigenvalue weighted by Crippen LogP contribution is -2.60. The van der Waals surface area contributed by atoms with Crippen LogP contribution in [0.25, 0.3) is 0 Å². The SMILES string of the molecule is COCCN1C(=O)[C@@H](C(C)C)NC12CCN(C(=S)Nc1ccc(F)cc1)CC2. The van der Waals surface area contributed by atoms with Crippen LogP contribution in [0.2, 0.25) is 0 Å². The van der Waals surface area contributed by atoms with E-state index in [0.717, 1.165) is 31.6 Å². The first-order valence-corrected chi connectivity index (χ1v) is 10.2. The molecule has 6 nitrogen and oxygen atoms in total. The van der Waals surface area contributed by atoms with Crippen molar-refractivity contribution in [1.82, 2.24) is 15.1 Å². The standard InChI is InChI=1S/C20H29FN4O2S/c1-14(2)17-18(26)25(12-13-27-3)20(23-17)8-10-24(11-9-20)19(28)22-16-6-4-15(21)5-7-16/h4-7,14,17,23H,8-13H2,1-3H3,(H,22,28)/t17-/m1/s1. The monoisotopic (exact) mass is 408 g/mol. The third-order valence-corrected chi connectivity index (χ3v) is 5.99. The van der Waals surface area contributed by atoms with Gasteiger partial charge in [0.25, 0.3) is 0 Å². The van der Waals surface area contributed by atoms with Crippen LogP contribution in [-0.4, -0.2) is 65.9 Å². The molecule has 0 unspecified atom stereocenters. The van der Waals surface area contributed by atoms with Gasteiger partial charge in [-0.2, -0.15) is 0 Å². The minimum absolute atomic E-state index is 0.160. The molecule has 2 saturated heterocycles. The van der Waals surface area contributed by atoms with Gasteiger partial charge >= 0.3 is 0 Å². The molecule has 8 heteroatoms. The van der Waals surface area contributed by atoms with Crippen molar-refractivity contribution < 1.29 is 13.9 Å². The Kier molecular flexibility index (Phi) is 6.52. The van der Waals surface area contributed by atoms with Gasteiger partial charge in [-0.05, 0) is 42.4 Å². The number of nitrogens with one attached hydrogen (secondary N) is 2. The average Bonchev–Trinajstić information content (AvgIpc) is 2.94. The molecule has 0 aliphatic carbocycles. The number of halogens is 1. The van der Waals surface area contributed by atoms with Gasteiger partial charge in [-0.1, -0.05) is 13.8 Å². The van der Waals surface area contributed by atoms with E-state index in [2.05, 4.69) is 29.4 Å². The fraction of sp³-hybridized carbons (Fsp3) is 0.600. The van der Waals surface area contributed by atoms with Gasteiger partial charge in [0.1, 0.15) is 5.82 Å². The third kappa shape index (κ3) is 4.29. The molecular weight excluding hydrogens is 379 g/mol. The molecule has 2 heterocycles. The number of carbonyl (C=O) groups is 1. The molecule has 1 atom stereocenters. The fourth-order valence-electron chi connectivity index (χ4n) is 4.00. The Morgan fingerprint density at radius 2 is 2.00 bits per heavy atom. The van der Waals surface area contributed by atoms with Crippen LogP contribution in [0.1, 0.15) is 26.7 Å². The van der Waals surface area contributed by atoms with Gasteiger partial charge < -0.3 is 19.9 Å². The summed E-state index contributed by atoms with van der Waals surface area (Å²) in [6.07, 6.45) is 1.58. The predicted molar refractivity (Wildman–Crippen MR) is 112 cm³/mol. The van der Waals surface area contributed by atoms with Gasteiger partial charge in [-0.25, -0.2) is 4.39 Å². The van der Waals surface area contributed by atoms with Gasteiger partial charge in [-0.3, -0.25) is 10.1 Å². The largest absolute Gasteiger partial charge is 0.383 e. The van der Waals surface area contributed by atoms with Gasteiger partial charge in [0.15, 0.2) is 5.11 Å². The molecule has 0 radical (unpaired) electrons. The molecule has 1 aromatic carbocycles. The van der Waals surface area contributed by atoms with Crippen LogP contribution in [-0.2, 0) is 9.53 Å². The number of anilines is 1. The minimum Gasteiger partial charge on any atom is -0.383 e. The molecule has 2 N–H and O–H groups in total. The highest BCUT2D eigenvalue weighted by Crippen LogP contribution is 2.34. The summed E-state index contributed by atoms with van der Waals surface area (Å²) in [5.74, 6) is 0.118. The van der Waals surface area contributed by atoms with Gasteiger partial charge in [0.05, 0.1) is 18.3 Å². The highest BCUT2D eigenvalue weighted by molar-refractivity contribution is 7.80. The fourth-order valence-corrected chi connectivity index (χ4v) is 4.30. The Hall–Kier alpha value is -1.77. The number of amides is 1. The summed E-state index contributed by atoms with van der Waals surface area (Å²) in [4.78, 5) is 17.0. The molecule has 28 heavy (non-hydrogen) atoms. The number of hydrogen-bond acceptors (Lipinski definition) is 4. The maximum absolute atomic E-state index is 13.1. The van der Waals surface area contributed by atoms with Crippen molar-refractivity contribution in [2.75, 3.05) is 38.7 Å². The smallest absolute Gasteiger partial charge is 0.241 e. The van der Waals surface area contributed by atoms with E-state index >= 15 is 0 Å². The van der Waals surface area contributed by atoms with Gasteiger partial charge in [0.2, 0.25) is 5.91 Å². The number of likely N-dealkylation sites (tertiary alicyclic amines) is 1. The van der Waals surface area contributed by atoms with Crippen LogP contribution in [0, 0.1) is 11.7 Å². The summed E-state index contributed by atoms with van der Waals surface area (Å²) in [6, 6.07) is 6.00. The maximum atomic E-state index is 13.1. The highest BCUT2D eigenvalue weighted by atomic mass is 32.1. The molecule has 0 saturated carbocycles. The van der Waals surface area contributed by atoms with Crippen LogP contribution in [0.5, 0.6) is 0 Å². The van der Waals surface area contributed by atoms with E-state index in [0.29, 0.717) is 18.3 Å². The highest BCUT2D eigenvalue weighted by Gasteiger charge is 2.52. The molecular formula is C20H29FN4O2S. The molecule has 154 valence electrons. The van der Waals surface area contributed by atoms with Crippen molar-refractivity contribution in [3.05, 3.63) is 30.1 Å².